The number of benzene rings is 3. The Bertz CT molecular complexity index is 991. The van der Waals surface area contributed by atoms with Crippen LogP contribution in [0.15, 0.2) is 72.8 Å². The number of nitrogens with two attached hydrogens (primary N) is 1. The van der Waals surface area contributed by atoms with Gasteiger partial charge >= 0.3 is 6.18 Å². The summed E-state index contributed by atoms with van der Waals surface area (Å²) in [6, 6.07) is 18.2. The van der Waals surface area contributed by atoms with E-state index in [0.29, 0.717) is 28.1 Å². The number of anilines is 2. The smallest absolute Gasteiger partial charge is 0.416 e. The Hall–Kier alpha value is -3.85. The predicted molar refractivity (Wildman–Crippen MR) is 109 cm³/mol. The molecule has 0 aliphatic heterocycles. The Morgan fingerprint density at radius 3 is 2.13 bits per heavy atom. The normalized spacial score (nSPS) is 10.1. The predicted octanol–water partition coefficient (Wildman–Crippen LogP) is 5.07. The van der Waals surface area contributed by atoms with Crippen molar-refractivity contribution in [1.82, 2.24) is 6.15 Å². The summed E-state index contributed by atoms with van der Waals surface area (Å²) in [5.74, 6) is -0.369. The van der Waals surface area contributed by atoms with E-state index >= 15 is 0 Å². The number of alkyl halides is 3. The van der Waals surface area contributed by atoms with Gasteiger partial charge < -0.3 is 22.3 Å². The molecule has 0 spiro atoms. The average molecular weight is 419 g/mol. The number of carbonyl (C=O) groups excluding carboxylic acids is 1. The number of halogens is 3. The van der Waals surface area contributed by atoms with Crippen molar-refractivity contribution in [2.45, 2.75) is 6.18 Å². The summed E-state index contributed by atoms with van der Waals surface area (Å²) in [7, 11) is 0. The van der Waals surface area contributed by atoms with E-state index in [1.807, 2.05) is 0 Å². The molecule has 0 aromatic heterocycles. The summed E-state index contributed by atoms with van der Waals surface area (Å²) in [5.41, 5.74) is 7.44. The van der Waals surface area contributed by atoms with E-state index in [9.17, 15) is 18.0 Å². The molecule has 0 fully saturated rings. The molecule has 0 bridgehead atoms. The molecule has 0 aliphatic carbocycles. The van der Waals surface area contributed by atoms with Crippen LogP contribution in [0.1, 0.15) is 15.9 Å². The van der Waals surface area contributed by atoms with Crippen molar-refractivity contribution >= 4 is 23.8 Å². The number of amides is 1. The SMILES string of the molecule is N.Nc1cccc(NC(=O)c2ccccc2-c2ccc(C(F)(F)F)cc2)c1.O=CO. The third kappa shape index (κ3) is 6.35. The first-order valence-corrected chi connectivity index (χ1v) is 8.27. The zero-order chi connectivity index (χ0) is 21.4. The van der Waals surface area contributed by atoms with Gasteiger partial charge in [-0.1, -0.05) is 36.4 Å². The van der Waals surface area contributed by atoms with Crippen LogP contribution in [0.4, 0.5) is 24.5 Å². The molecule has 3 rings (SSSR count). The van der Waals surface area contributed by atoms with Gasteiger partial charge in [0.2, 0.25) is 0 Å². The topological polar surface area (TPSA) is 127 Å². The molecular weight excluding hydrogens is 399 g/mol. The minimum Gasteiger partial charge on any atom is -0.483 e. The number of carbonyl (C=O) groups is 2. The zero-order valence-electron chi connectivity index (χ0n) is 15.7. The van der Waals surface area contributed by atoms with Gasteiger partial charge in [0.15, 0.2) is 0 Å². The molecule has 0 saturated carbocycles. The first kappa shape index (κ1) is 24.2. The van der Waals surface area contributed by atoms with E-state index in [0.717, 1.165) is 12.1 Å². The van der Waals surface area contributed by atoms with Gasteiger partial charge in [-0.25, -0.2) is 0 Å². The Kier molecular flexibility index (Phi) is 8.57. The van der Waals surface area contributed by atoms with Gasteiger partial charge in [0, 0.05) is 16.9 Å². The fourth-order valence-electron chi connectivity index (χ4n) is 2.59. The van der Waals surface area contributed by atoms with Gasteiger partial charge in [-0.3, -0.25) is 9.59 Å². The molecule has 6 nitrogen and oxygen atoms in total. The standard InChI is InChI=1S/C20H15F3N2O.CH2O2.H3N/c21-20(22,23)14-10-8-13(9-11-14)17-6-1-2-7-18(17)19(26)25-16-5-3-4-15(24)12-16;2-1-3;/h1-12H,24H2,(H,25,26);1H,(H,2,3);1H3. The van der Waals surface area contributed by atoms with Gasteiger partial charge in [0.25, 0.3) is 12.4 Å². The van der Waals surface area contributed by atoms with Crippen LogP contribution >= 0.6 is 0 Å². The van der Waals surface area contributed by atoms with E-state index in [4.69, 9.17) is 15.6 Å². The highest BCUT2D eigenvalue weighted by atomic mass is 19.4. The molecule has 3 aromatic carbocycles. The molecule has 0 saturated heterocycles. The Morgan fingerprint density at radius 1 is 0.967 bits per heavy atom. The minimum absolute atomic E-state index is 0. The van der Waals surface area contributed by atoms with Gasteiger partial charge in [-0.15, -0.1) is 0 Å². The fourth-order valence-corrected chi connectivity index (χ4v) is 2.59. The van der Waals surface area contributed by atoms with E-state index in [2.05, 4.69) is 5.32 Å². The number of hydrogen-bond acceptors (Lipinski definition) is 4. The molecule has 3 aromatic rings. The maximum Gasteiger partial charge on any atom is 0.416 e. The number of hydrogen-bond donors (Lipinski definition) is 4. The average Bonchev–Trinajstić information content (AvgIpc) is 2.68. The van der Waals surface area contributed by atoms with Gasteiger partial charge in [0.1, 0.15) is 0 Å². The molecule has 0 atom stereocenters. The first-order valence-electron chi connectivity index (χ1n) is 8.27. The molecule has 1 amide bonds. The number of rotatable bonds is 3. The maximum absolute atomic E-state index is 12.7. The van der Waals surface area contributed by atoms with Crippen molar-refractivity contribution in [3.8, 4) is 11.1 Å². The van der Waals surface area contributed by atoms with Crippen LogP contribution in [0.5, 0.6) is 0 Å². The summed E-state index contributed by atoms with van der Waals surface area (Å²) in [4.78, 5) is 21.0. The Labute approximate surface area is 170 Å². The Balaban J connectivity index is 0.00000106. The zero-order valence-corrected chi connectivity index (χ0v) is 15.7. The van der Waals surface area contributed by atoms with Crippen LogP contribution in [0.25, 0.3) is 11.1 Å². The summed E-state index contributed by atoms with van der Waals surface area (Å²) in [6.45, 7) is -0.250. The molecule has 158 valence electrons. The van der Waals surface area contributed by atoms with Crippen molar-refractivity contribution in [3.05, 3.63) is 83.9 Å². The van der Waals surface area contributed by atoms with Crippen LogP contribution in [-0.2, 0) is 11.0 Å². The lowest BCUT2D eigenvalue weighted by Crippen LogP contribution is -2.13. The highest BCUT2D eigenvalue weighted by molar-refractivity contribution is 6.08. The van der Waals surface area contributed by atoms with Crippen LogP contribution < -0.4 is 17.2 Å². The molecule has 0 aliphatic rings. The highest BCUT2D eigenvalue weighted by Gasteiger charge is 2.30. The molecule has 0 heterocycles. The quantitative estimate of drug-likeness (QED) is 0.348. The van der Waals surface area contributed by atoms with E-state index in [1.165, 1.54) is 12.1 Å². The largest absolute Gasteiger partial charge is 0.483 e. The molecular formula is C21H20F3N3O3. The lowest BCUT2D eigenvalue weighted by atomic mass is 9.98. The van der Waals surface area contributed by atoms with Crippen LogP contribution in [0.3, 0.4) is 0 Å². The maximum atomic E-state index is 12.7. The fraction of sp³-hybridized carbons (Fsp3) is 0.0476. The first-order chi connectivity index (χ1) is 13.8. The van der Waals surface area contributed by atoms with Crippen molar-refractivity contribution < 1.29 is 27.9 Å². The number of carboxylic acid groups (broad SMARTS) is 1. The molecule has 7 N–H and O–H groups in total. The number of nitrogen functional groups attached to an aromatic ring is 1. The molecule has 9 heteroatoms. The second-order valence-electron chi connectivity index (χ2n) is 5.81. The van der Waals surface area contributed by atoms with Crippen LogP contribution in [0, 0.1) is 0 Å². The summed E-state index contributed by atoms with van der Waals surface area (Å²) < 4.78 is 38.2. The van der Waals surface area contributed by atoms with Crippen molar-refractivity contribution in [1.29, 1.82) is 0 Å². The summed E-state index contributed by atoms with van der Waals surface area (Å²) >= 11 is 0. The second-order valence-corrected chi connectivity index (χ2v) is 5.81. The summed E-state index contributed by atoms with van der Waals surface area (Å²) in [5, 5.41) is 9.63. The molecule has 30 heavy (non-hydrogen) atoms. The van der Waals surface area contributed by atoms with Gasteiger partial charge in [-0.05, 0) is 47.5 Å². The lowest BCUT2D eigenvalue weighted by Gasteiger charge is -2.12. The summed E-state index contributed by atoms with van der Waals surface area (Å²) in [6.07, 6.45) is -4.40. The second kappa shape index (κ2) is 10.6. The highest BCUT2D eigenvalue weighted by Crippen LogP contribution is 2.32. The monoisotopic (exact) mass is 419 g/mol. The van der Waals surface area contributed by atoms with Crippen molar-refractivity contribution in [2.75, 3.05) is 11.1 Å². The number of nitrogens with one attached hydrogen (secondary N) is 1. The van der Waals surface area contributed by atoms with E-state index in [-0.39, 0.29) is 18.5 Å². The van der Waals surface area contributed by atoms with Crippen LogP contribution in [-0.4, -0.2) is 17.5 Å². The van der Waals surface area contributed by atoms with Gasteiger partial charge in [0.05, 0.1) is 5.56 Å². The van der Waals surface area contributed by atoms with Crippen molar-refractivity contribution in [3.63, 3.8) is 0 Å². The Morgan fingerprint density at radius 2 is 1.57 bits per heavy atom. The molecule has 0 radical (unpaired) electrons. The third-order valence-electron chi connectivity index (χ3n) is 3.84. The van der Waals surface area contributed by atoms with Gasteiger partial charge in [-0.2, -0.15) is 13.2 Å². The molecule has 0 unspecified atom stereocenters. The minimum atomic E-state index is -4.40. The van der Waals surface area contributed by atoms with Crippen molar-refractivity contribution in [2.24, 2.45) is 0 Å². The lowest BCUT2D eigenvalue weighted by molar-refractivity contribution is -0.137. The van der Waals surface area contributed by atoms with E-state index < -0.39 is 11.7 Å². The third-order valence-corrected chi connectivity index (χ3v) is 3.84. The van der Waals surface area contributed by atoms with E-state index in [1.54, 1.807) is 48.5 Å². The van der Waals surface area contributed by atoms with Crippen LogP contribution in [0.2, 0.25) is 0 Å².